The molecule has 2 N–H and O–H groups in total. The van der Waals surface area contributed by atoms with E-state index in [2.05, 4.69) is 20.8 Å². The molecule has 72 heavy (non-hydrogen) atoms. The molecule has 0 aliphatic rings. The summed E-state index contributed by atoms with van der Waals surface area (Å²) in [7, 11) is -3.62. The summed E-state index contributed by atoms with van der Waals surface area (Å²) in [5.41, 5.74) is -1.97. The molecule has 0 unspecified atom stereocenters. The first-order valence-electron chi connectivity index (χ1n) is 20.6. The minimum absolute atomic E-state index is 0.0191. The van der Waals surface area contributed by atoms with Crippen LogP contribution in [0.1, 0.15) is 43.5 Å². The number of rotatable bonds is 10. The summed E-state index contributed by atoms with van der Waals surface area (Å²) < 4.78 is 136. The Morgan fingerprint density at radius 3 is 1.43 bits per heavy atom. The molecule has 0 aliphatic heterocycles. The van der Waals surface area contributed by atoms with Gasteiger partial charge in [-0.3, -0.25) is 9.59 Å². The summed E-state index contributed by atoms with van der Waals surface area (Å²) in [5, 5.41) is 29.7. The van der Waals surface area contributed by atoms with Gasteiger partial charge in [-0.2, -0.15) is 47.1 Å². The number of carbonyl (C=O) groups is 2. The Kier molecular flexibility index (Phi) is 14.8. The van der Waals surface area contributed by atoms with Crippen LogP contribution in [0, 0.1) is 34.3 Å². The first-order valence-corrected chi connectivity index (χ1v) is 23.7. The van der Waals surface area contributed by atoms with E-state index in [1.54, 1.807) is 12.1 Å². The second kappa shape index (κ2) is 20.8. The molecule has 0 radical (unpaired) electrons. The van der Waals surface area contributed by atoms with Gasteiger partial charge in [0.25, 0.3) is 11.8 Å². The lowest BCUT2D eigenvalue weighted by atomic mass is 10.0. The normalized spacial score (nSPS) is 11.4. The van der Waals surface area contributed by atoms with Crippen LogP contribution < -0.4 is 10.6 Å². The molecule has 6 aromatic carbocycles. The minimum atomic E-state index is -4.87. The zero-order valence-corrected chi connectivity index (χ0v) is 38.6. The molecule has 0 bridgehead atoms. The quantitative estimate of drug-likeness (QED) is 0.0997. The lowest BCUT2D eigenvalue weighted by Gasteiger charge is -2.12. The third kappa shape index (κ3) is 11.5. The lowest BCUT2D eigenvalue weighted by molar-refractivity contribution is -0.142. The number of sulfone groups is 1. The largest absolute Gasteiger partial charge is 0.435 e. The third-order valence-electron chi connectivity index (χ3n) is 10.4. The van der Waals surface area contributed by atoms with E-state index >= 15 is 0 Å². The molecule has 0 atom stereocenters. The van der Waals surface area contributed by atoms with Gasteiger partial charge in [0.15, 0.2) is 21.2 Å². The van der Waals surface area contributed by atoms with Gasteiger partial charge in [0.1, 0.15) is 23.0 Å². The van der Waals surface area contributed by atoms with Crippen molar-refractivity contribution >= 4 is 44.8 Å². The van der Waals surface area contributed by atoms with E-state index in [1.165, 1.54) is 103 Å². The minimum Gasteiger partial charge on any atom is -0.318 e. The Labute approximate surface area is 408 Å². The summed E-state index contributed by atoms with van der Waals surface area (Å²) >= 11 is 1.50. The zero-order chi connectivity index (χ0) is 52.1. The summed E-state index contributed by atoms with van der Waals surface area (Å²) in [6, 6.07) is 37.1. The molecule has 2 aromatic heterocycles. The number of halogens is 8. The monoisotopic (exact) mass is 1020 g/mol. The van der Waals surface area contributed by atoms with Crippen molar-refractivity contribution in [1.29, 1.82) is 10.5 Å². The summed E-state index contributed by atoms with van der Waals surface area (Å²) in [4.78, 5) is 26.8. The number of nitrogens with one attached hydrogen (secondary N) is 2. The molecule has 2 heterocycles. The van der Waals surface area contributed by atoms with Crippen LogP contribution in [0.15, 0.2) is 155 Å². The van der Waals surface area contributed by atoms with Gasteiger partial charge in [-0.05, 0) is 95.7 Å². The molecular formula is C50H32F8N8O4S2. The number of nitrogens with zero attached hydrogens (tertiary/aromatic N) is 6. The number of hydrogen-bond donors (Lipinski definition) is 2. The number of carbonyl (C=O) groups excluding carboxylic acids is 2. The standard InChI is InChI=1S/C25H16F4N4O3S.C25H16F4N4OS/c1-37(35,36)22-8-3-2-7-18(22)16-9-10-20(19(26)12-16)31-24(34)21-13-23(25(27,28)29)32-33(21)17-6-4-5-15(11-17)14-30;1-35-22-8-3-2-7-18(22)16-9-10-20(19(26)12-16)31-24(34)21-13-23(25(27,28)29)32-33(21)17-6-4-5-15(11-17)14-30/h2-13H,1H3,(H,31,34);2-13H,1H3,(H,31,34). The highest BCUT2D eigenvalue weighted by atomic mass is 32.2. The molecule has 364 valence electrons. The average Bonchev–Trinajstić information content (AvgIpc) is 4.03. The molecule has 22 heteroatoms. The van der Waals surface area contributed by atoms with Crippen LogP contribution in [0.5, 0.6) is 0 Å². The van der Waals surface area contributed by atoms with Crippen LogP contribution in [0.2, 0.25) is 0 Å². The second-order valence-electron chi connectivity index (χ2n) is 15.2. The van der Waals surface area contributed by atoms with Crippen molar-refractivity contribution in [2.75, 3.05) is 23.1 Å². The number of anilines is 2. The molecule has 0 fully saturated rings. The Hall–Kier alpha value is -8.60. The molecule has 0 saturated carbocycles. The van der Waals surface area contributed by atoms with E-state index in [1.807, 2.05) is 42.7 Å². The fraction of sp³-hybridized carbons (Fsp3) is 0.0800. The van der Waals surface area contributed by atoms with Gasteiger partial charge in [0.05, 0.1) is 50.9 Å². The zero-order valence-electron chi connectivity index (χ0n) is 37.0. The van der Waals surface area contributed by atoms with Crippen LogP contribution in [-0.2, 0) is 22.2 Å². The van der Waals surface area contributed by atoms with E-state index < -0.39 is 68.4 Å². The fourth-order valence-electron chi connectivity index (χ4n) is 7.02. The van der Waals surface area contributed by atoms with Crippen molar-refractivity contribution in [1.82, 2.24) is 19.6 Å². The van der Waals surface area contributed by atoms with Gasteiger partial charge in [0.2, 0.25) is 0 Å². The number of amides is 2. The van der Waals surface area contributed by atoms with Crippen LogP contribution in [0.25, 0.3) is 33.6 Å². The Bertz CT molecular complexity index is 3600. The molecule has 12 nitrogen and oxygen atoms in total. The summed E-state index contributed by atoms with van der Waals surface area (Å²) in [5.74, 6) is -3.77. The van der Waals surface area contributed by atoms with Crippen molar-refractivity contribution in [2.45, 2.75) is 22.1 Å². The lowest BCUT2D eigenvalue weighted by Crippen LogP contribution is -2.17. The van der Waals surface area contributed by atoms with E-state index in [4.69, 9.17) is 10.5 Å². The van der Waals surface area contributed by atoms with Crippen LogP contribution in [-0.4, -0.2) is 52.3 Å². The van der Waals surface area contributed by atoms with Gasteiger partial charge in [-0.25, -0.2) is 26.6 Å². The third-order valence-corrected chi connectivity index (χ3v) is 12.3. The maximum atomic E-state index is 15.0. The van der Waals surface area contributed by atoms with Crippen LogP contribution in [0.3, 0.4) is 0 Å². The molecule has 0 aliphatic carbocycles. The van der Waals surface area contributed by atoms with E-state index in [0.29, 0.717) is 22.4 Å². The van der Waals surface area contributed by atoms with Gasteiger partial charge in [0, 0.05) is 28.8 Å². The molecule has 8 aromatic rings. The van der Waals surface area contributed by atoms with Crippen molar-refractivity contribution in [3.8, 4) is 45.8 Å². The van der Waals surface area contributed by atoms with Gasteiger partial charge in [-0.15, -0.1) is 11.8 Å². The Morgan fingerprint density at radius 1 is 0.583 bits per heavy atom. The van der Waals surface area contributed by atoms with Crippen LogP contribution in [0.4, 0.5) is 46.5 Å². The first-order chi connectivity index (χ1) is 34.1. The second-order valence-corrected chi connectivity index (χ2v) is 18.1. The number of thioether (sulfide) groups is 1. The maximum absolute atomic E-state index is 15.0. The highest BCUT2D eigenvalue weighted by Crippen LogP contribution is 2.35. The number of nitriles is 2. The van der Waals surface area contributed by atoms with Crippen LogP contribution >= 0.6 is 11.8 Å². The maximum Gasteiger partial charge on any atom is 0.435 e. The van der Waals surface area contributed by atoms with Crippen molar-refractivity contribution in [2.24, 2.45) is 0 Å². The van der Waals surface area contributed by atoms with Gasteiger partial charge < -0.3 is 10.6 Å². The smallest absolute Gasteiger partial charge is 0.318 e. The SMILES string of the molecule is CS(=O)(=O)c1ccccc1-c1ccc(NC(=O)c2cc(C(F)(F)F)nn2-c2cccc(C#N)c2)c(F)c1.CSc1ccccc1-c1ccc(NC(=O)c2cc(C(F)(F)F)nn2-c2cccc(C#N)c2)c(F)c1. The predicted octanol–water partition coefficient (Wildman–Crippen LogP) is 11.8. The number of hydrogen-bond acceptors (Lipinski definition) is 9. The summed E-state index contributed by atoms with van der Waals surface area (Å²) in [6.07, 6.45) is -6.77. The van der Waals surface area contributed by atoms with Crippen molar-refractivity contribution in [3.63, 3.8) is 0 Å². The topological polar surface area (TPSA) is 176 Å². The highest BCUT2D eigenvalue weighted by Gasteiger charge is 2.37. The van der Waals surface area contributed by atoms with Crippen molar-refractivity contribution in [3.05, 3.63) is 191 Å². The fourth-order valence-corrected chi connectivity index (χ4v) is 8.55. The van der Waals surface area contributed by atoms with Gasteiger partial charge >= 0.3 is 12.4 Å². The van der Waals surface area contributed by atoms with E-state index in [-0.39, 0.29) is 49.9 Å². The van der Waals surface area contributed by atoms with E-state index in [0.717, 1.165) is 27.5 Å². The molecular weight excluding hydrogens is 993 g/mol. The average molecular weight is 1020 g/mol. The number of aromatic nitrogens is 4. The number of benzene rings is 6. The molecule has 2 amide bonds. The van der Waals surface area contributed by atoms with E-state index in [9.17, 15) is 53.1 Å². The summed E-state index contributed by atoms with van der Waals surface area (Å²) in [6.45, 7) is 0. The van der Waals surface area contributed by atoms with Gasteiger partial charge in [-0.1, -0.05) is 60.7 Å². The molecule has 0 saturated heterocycles. The Balaban J connectivity index is 0.000000212. The Morgan fingerprint density at radius 2 is 1.01 bits per heavy atom. The van der Waals surface area contributed by atoms with Crippen molar-refractivity contribution < 1.29 is 53.1 Å². The molecule has 0 spiro atoms. The predicted molar refractivity (Wildman–Crippen MR) is 251 cm³/mol. The number of alkyl halides is 6. The molecule has 8 rings (SSSR count). The highest BCUT2D eigenvalue weighted by molar-refractivity contribution is 7.98. The first kappa shape index (κ1) is 51.3.